The van der Waals surface area contributed by atoms with E-state index in [9.17, 15) is 8.42 Å². The van der Waals surface area contributed by atoms with Crippen molar-refractivity contribution in [1.29, 1.82) is 0 Å². The Morgan fingerprint density at radius 2 is 1.82 bits per heavy atom. The summed E-state index contributed by atoms with van der Waals surface area (Å²) in [5, 5.41) is 5.16. The Morgan fingerprint density at radius 3 is 2.43 bits per heavy atom. The van der Waals surface area contributed by atoms with Crippen LogP contribution in [0.25, 0.3) is 11.5 Å². The van der Waals surface area contributed by atoms with E-state index in [0.29, 0.717) is 12.4 Å². The van der Waals surface area contributed by atoms with Crippen LogP contribution in [0.2, 0.25) is 0 Å². The van der Waals surface area contributed by atoms with Crippen LogP contribution in [0.1, 0.15) is 35.3 Å². The summed E-state index contributed by atoms with van der Waals surface area (Å²) in [6, 6.07) is 12.9. The number of nitrogens with two attached hydrogens (primary N) is 1. The van der Waals surface area contributed by atoms with Crippen LogP contribution in [0.15, 0.2) is 58.0 Å². The number of sulfonamides is 1. The van der Waals surface area contributed by atoms with Gasteiger partial charge in [-0.3, -0.25) is 4.90 Å². The minimum atomic E-state index is -3.68. The van der Waals surface area contributed by atoms with Crippen LogP contribution < -0.4 is 5.14 Å². The maximum absolute atomic E-state index is 11.4. The lowest BCUT2D eigenvalue weighted by atomic mass is 10.1. The van der Waals surface area contributed by atoms with Crippen LogP contribution >= 0.6 is 0 Å². The van der Waals surface area contributed by atoms with Gasteiger partial charge in [0.15, 0.2) is 0 Å². The van der Waals surface area contributed by atoms with E-state index in [4.69, 9.17) is 9.56 Å². The van der Waals surface area contributed by atoms with Crippen molar-refractivity contribution in [2.75, 3.05) is 7.05 Å². The van der Waals surface area contributed by atoms with Crippen molar-refractivity contribution in [2.45, 2.75) is 38.3 Å². The third kappa shape index (κ3) is 4.49. The molecule has 1 aromatic heterocycles. The molecular weight excluding hydrogens is 374 g/mol. The maximum atomic E-state index is 11.4. The Kier molecular flexibility index (Phi) is 5.69. The van der Waals surface area contributed by atoms with Gasteiger partial charge in [0.05, 0.1) is 10.6 Å². The van der Waals surface area contributed by atoms with Gasteiger partial charge in [-0.25, -0.2) is 18.5 Å². The predicted molar refractivity (Wildman–Crippen MR) is 109 cm³/mol. The molecule has 2 N–H and O–H groups in total. The highest BCUT2D eigenvalue weighted by Crippen LogP contribution is 2.26. The first-order valence-electron chi connectivity index (χ1n) is 9.00. The zero-order chi connectivity index (χ0) is 20.5. The van der Waals surface area contributed by atoms with Crippen molar-refractivity contribution in [3.8, 4) is 11.5 Å². The van der Waals surface area contributed by atoms with Gasteiger partial charge in [0.1, 0.15) is 6.26 Å². The van der Waals surface area contributed by atoms with Crippen molar-refractivity contribution < 1.29 is 12.8 Å². The standard InChI is InChI=1S/C21H25N3O3S/c1-14-5-10-20(15(2)11-14)21-23-18(13-27-21)12-24(4)16(3)17-6-8-19(9-7-17)28(22,25)26/h5-11,13,16H,12H2,1-4H3,(H2,22,25,26). The van der Waals surface area contributed by atoms with Gasteiger partial charge in [-0.15, -0.1) is 0 Å². The molecule has 0 bridgehead atoms. The average Bonchev–Trinajstić information content (AvgIpc) is 3.08. The summed E-state index contributed by atoms with van der Waals surface area (Å²) in [7, 11) is -1.69. The minimum Gasteiger partial charge on any atom is -0.444 e. The van der Waals surface area contributed by atoms with Crippen molar-refractivity contribution in [3.05, 3.63) is 71.1 Å². The molecule has 0 aliphatic rings. The molecule has 1 atom stereocenters. The zero-order valence-corrected chi connectivity index (χ0v) is 17.3. The maximum Gasteiger partial charge on any atom is 0.238 e. The van der Waals surface area contributed by atoms with Crippen molar-refractivity contribution in [3.63, 3.8) is 0 Å². The lowest BCUT2D eigenvalue weighted by Gasteiger charge is -2.24. The fraction of sp³-hybridized carbons (Fsp3) is 0.286. The van der Waals surface area contributed by atoms with E-state index in [1.165, 1.54) is 17.7 Å². The first kappa shape index (κ1) is 20.3. The molecule has 28 heavy (non-hydrogen) atoms. The molecule has 148 valence electrons. The molecule has 2 aromatic carbocycles. The molecule has 0 fully saturated rings. The van der Waals surface area contributed by atoms with Crippen LogP contribution in [0.3, 0.4) is 0 Å². The number of primary sulfonamides is 1. The van der Waals surface area contributed by atoms with Crippen LogP contribution in [-0.2, 0) is 16.6 Å². The van der Waals surface area contributed by atoms with Gasteiger partial charge in [-0.2, -0.15) is 0 Å². The molecule has 3 rings (SSSR count). The first-order chi connectivity index (χ1) is 13.1. The summed E-state index contributed by atoms with van der Waals surface area (Å²) >= 11 is 0. The summed E-state index contributed by atoms with van der Waals surface area (Å²) in [6.07, 6.45) is 1.68. The number of aryl methyl sites for hydroxylation is 2. The smallest absolute Gasteiger partial charge is 0.238 e. The molecule has 0 aliphatic heterocycles. The molecule has 3 aromatic rings. The van der Waals surface area contributed by atoms with Crippen molar-refractivity contribution in [2.24, 2.45) is 5.14 Å². The summed E-state index contributed by atoms with van der Waals surface area (Å²) < 4.78 is 28.5. The molecule has 0 amide bonds. The lowest BCUT2D eigenvalue weighted by molar-refractivity contribution is 0.250. The lowest BCUT2D eigenvalue weighted by Crippen LogP contribution is -2.22. The molecule has 1 unspecified atom stereocenters. The van der Waals surface area contributed by atoms with Gasteiger partial charge >= 0.3 is 0 Å². The summed E-state index contributed by atoms with van der Waals surface area (Å²) in [5.41, 5.74) is 5.16. The highest BCUT2D eigenvalue weighted by atomic mass is 32.2. The second-order valence-corrected chi connectivity index (χ2v) is 8.73. The van der Waals surface area contributed by atoms with Gasteiger partial charge in [0.25, 0.3) is 0 Å². The molecular formula is C21H25N3O3S. The third-order valence-electron chi connectivity index (χ3n) is 4.93. The number of benzene rings is 2. The molecule has 0 radical (unpaired) electrons. The molecule has 1 heterocycles. The molecule has 0 saturated heterocycles. The van der Waals surface area contributed by atoms with Gasteiger partial charge in [0.2, 0.25) is 15.9 Å². The molecule has 6 nitrogen and oxygen atoms in total. The largest absolute Gasteiger partial charge is 0.444 e. The van der Waals surface area contributed by atoms with E-state index in [2.05, 4.69) is 29.8 Å². The van der Waals surface area contributed by atoms with Crippen molar-refractivity contribution in [1.82, 2.24) is 9.88 Å². The Morgan fingerprint density at radius 1 is 1.14 bits per heavy atom. The summed E-state index contributed by atoms with van der Waals surface area (Å²) in [4.78, 5) is 6.86. The van der Waals surface area contributed by atoms with E-state index in [1.54, 1.807) is 18.4 Å². The monoisotopic (exact) mass is 399 g/mol. The van der Waals surface area contributed by atoms with E-state index in [-0.39, 0.29) is 10.9 Å². The zero-order valence-electron chi connectivity index (χ0n) is 16.5. The SMILES string of the molecule is Cc1ccc(-c2nc(CN(C)C(C)c3ccc(S(N)(=O)=O)cc3)co2)c(C)c1. The fourth-order valence-electron chi connectivity index (χ4n) is 3.14. The number of aromatic nitrogens is 1. The third-order valence-corrected chi connectivity index (χ3v) is 5.86. The highest BCUT2D eigenvalue weighted by Gasteiger charge is 2.16. The minimum absolute atomic E-state index is 0.0655. The first-order valence-corrected chi connectivity index (χ1v) is 10.5. The number of hydrogen-bond acceptors (Lipinski definition) is 5. The Bertz CT molecular complexity index is 1070. The molecule has 0 spiro atoms. The molecule has 0 aliphatic carbocycles. The second kappa shape index (κ2) is 7.87. The fourth-order valence-corrected chi connectivity index (χ4v) is 3.66. The quantitative estimate of drug-likeness (QED) is 0.681. The summed E-state index contributed by atoms with van der Waals surface area (Å²) in [5.74, 6) is 0.617. The summed E-state index contributed by atoms with van der Waals surface area (Å²) in [6.45, 7) is 6.76. The van der Waals surface area contributed by atoms with Crippen LogP contribution in [0.4, 0.5) is 0 Å². The number of hydrogen-bond donors (Lipinski definition) is 1. The van der Waals surface area contributed by atoms with Crippen molar-refractivity contribution >= 4 is 10.0 Å². The predicted octanol–water partition coefficient (Wildman–Crippen LogP) is 3.80. The van der Waals surface area contributed by atoms with Gasteiger partial charge < -0.3 is 4.42 Å². The Labute approximate surface area is 166 Å². The number of rotatable bonds is 6. The molecule has 0 saturated carbocycles. The van der Waals surface area contributed by atoms with Crippen LogP contribution in [-0.4, -0.2) is 25.3 Å². The van der Waals surface area contributed by atoms with Gasteiger partial charge in [-0.1, -0.05) is 29.8 Å². The topological polar surface area (TPSA) is 89.4 Å². The van der Waals surface area contributed by atoms with E-state index in [0.717, 1.165) is 22.4 Å². The normalized spacial score (nSPS) is 13.1. The van der Waals surface area contributed by atoms with E-state index in [1.807, 2.05) is 26.1 Å². The van der Waals surface area contributed by atoms with Crippen LogP contribution in [0, 0.1) is 13.8 Å². The number of nitrogens with zero attached hydrogens (tertiary/aromatic N) is 2. The Balaban J connectivity index is 1.72. The van der Waals surface area contributed by atoms with E-state index < -0.39 is 10.0 Å². The molecule has 7 heteroatoms. The second-order valence-electron chi connectivity index (χ2n) is 7.17. The van der Waals surface area contributed by atoms with Gasteiger partial charge in [-0.05, 0) is 57.1 Å². The Hall–Kier alpha value is -2.48. The van der Waals surface area contributed by atoms with Gasteiger partial charge in [0, 0.05) is 18.2 Å². The highest BCUT2D eigenvalue weighted by molar-refractivity contribution is 7.89. The van der Waals surface area contributed by atoms with Crippen LogP contribution in [0.5, 0.6) is 0 Å². The van der Waals surface area contributed by atoms with E-state index >= 15 is 0 Å². The average molecular weight is 400 g/mol. The number of oxazole rings is 1.